The SMILES string of the molecule is Cc1ccc(C)c(CN(C(=O)Nc2ccc(F)cc2F)C2Cc3ccccc3C2)c1. The summed E-state index contributed by atoms with van der Waals surface area (Å²) in [6.45, 7) is 4.46. The molecular weight excluding hydrogens is 382 g/mol. The second kappa shape index (κ2) is 8.27. The van der Waals surface area contributed by atoms with Crippen molar-refractivity contribution in [3.63, 3.8) is 0 Å². The Hall–Kier alpha value is -3.21. The average Bonchev–Trinajstić information content (AvgIpc) is 3.14. The molecule has 0 spiro atoms. The number of nitrogens with one attached hydrogen (secondary N) is 1. The minimum absolute atomic E-state index is 0.0251. The molecule has 3 aromatic rings. The standard InChI is InChI=1S/C25H24F2N2O/c1-16-7-8-17(2)20(11-16)15-29(22-12-18-5-3-4-6-19(18)13-22)25(30)28-24-10-9-21(26)14-23(24)27/h3-11,14,22H,12-13,15H2,1-2H3,(H,28,30). The van der Waals surface area contributed by atoms with Gasteiger partial charge in [0.2, 0.25) is 0 Å². The predicted molar refractivity (Wildman–Crippen MR) is 114 cm³/mol. The minimum atomic E-state index is -0.787. The number of fused-ring (bicyclic) bond motifs is 1. The molecule has 0 saturated heterocycles. The molecule has 0 radical (unpaired) electrons. The van der Waals surface area contributed by atoms with Crippen LogP contribution in [0.3, 0.4) is 0 Å². The van der Waals surface area contributed by atoms with Gasteiger partial charge in [-0.25, -0.2) is 13.6 Å². The number of carbonyl (C=O) groups excluding carboxylic acids is 1. The Morgan fingerprint density at radius 2 is 1.70 bits per heavy atom. The first-order valence-corrected chi connectivity index (χ1v) is 10.1. The van der Waals surface area contributed by atoms with Gasteiger partial charge in [0.1, 0.15) is 11.6 Å². The second-order valence-electron chi connectivity index (χ2n) is 7.94. The second-order valence-corrected chi connectivity index (χ2v) is 7.94. The third-order valence-corrected chi connectivity index (χ3v) is 5.75. The molecule has 0 aromatic heterocycles. The van der Waals surface area contributed by atoms with Gasteiger partial charge in [0.25, 0.3) is 0 Å². The third kappa shape index (κ3) is 4.20. The molecule has 4 rings (SSSR count). The Morgan fingerprint density at radius 3 is 2.37 bits per heavy atom. The molecule has 0 fully saturated rings. The fourth-order valence-electron chi connectivity index (χ4n) is 4.05. The summed E-state index contributed by atoms with van der Waals surface area (Å²) in [6, 6.07) is 17.1. The van der Waals surface area contributed by atoms with Crippen molar-refractivity contribution in [2.24, 2.45) is 0 Å². The molecule has 0 bridgehead atoms. The van der Waals surface area contributed by atoms with Crippen LogP contribution in [0.4, 0.5) is 19.3 Å². The topological polar surface area (TPSA) is 32.3 Å². The zero-order valence-corrected chi connectivity index (χ0v) is 17.1. The summed E-state index contributed by atoms with van der Waals surface area (Å²) in [7, 11) is 0. The van der Waals surface area contributed by atoms with Crippen molar-refractivity contribution in [2.45, 2.75) is 39.3 Å². The molecule has 0 atom stereocenters. The van der Waals surface area contributed by atoms with Gasteiger partial charge in [-0.2, -0.15) is 0 Å². The van der Waals surface area contributed by atoms with E-state index in [2.05, 4.69) is 23.5 Å². The minimum Gasteiger partial charge on any atom is -0.317 e. The van der Waals surface area contributed by atoms with Crippen molar-refractivity contribution >= 4 is 11.7 Å². The number of hydrogen-bond donors (Lipinski definition) is 1. The highest BCUT2D eigenvalue weighted by molar-refractivity contribution is 5.89. The van der Waals surface area contributed by atoms with Crippen LogP contribution < -0.4 is 5.32 Å². The van der Waals surface area contributed by atoms with Crippen LogP contribution in [0.1, 0.15) is 27.8 Å². The monoisotopic (exact) mass is 406 g/mol. The number of rotatable bonds is 4. The molecule has 3 nitrogen and oxygen atoms in total. The van der Waals surface area contributed by atoms with Crippen LogP contribution in [0.25, 0.3) is 0 Å². The molecule has 0 saturated carbocycles. The lowest BCUT2D eigenvalue weighted by Gasteiger charge is -2.30. The van der Waals surface area contributed by atoms with E-state index in [1.165, 1.54) is 17.2 Å². The van der Waals surface area contributed by atoms with Gasteiger partial charge < -0.3 is 10.2 Å². The van der Waals surface area contributed by atoms with Gasteiger partial charge in [0.05, 0.1) is 5.69 Å². The average molecular weight is 406 g/mol. The first-order valence-electron chi connectivity index (χ1n) is 10.1. The third-order valence-electron chi connectivity index (χ3n) is 5.75. The summed E-state index contributed by atoms with van der Waals surface area (Å²) in [5, 5.41) is 2.64. The maximum absolute atomic E-state index is 14.1. The summed E-state index contributed by atoms with van der Waals surface area (Å²) in [5.74, 6) is -1.46. The zero-order valence-electron chi connectivity index (χ0n) is 17.1. The molecule has 2 amide bonds. The van der Waals surface area contributed by atoms with Crippen molar-refractivity contribution in [3.8, 4) is 0 Å². The molecule has 30 heavy (non-hydrogen) atoms. The van der Waals surface area contributed by atoms with Crippen molar-refractivity contribution < 1.29 is 13.6 Å². The number of nitrogens with zero attached hydrogens (tertiary/aromatic N) is 1. The maximum atomic E-state index is 14.1. The van der Waals surface area contributed by atoms with E-state index in [1.807, 2.05) is 38.1 Å². The lowest BCUT2D eigenvalue weighted by molar-refractivity contribution is 0.185. The summed E-state index contributed by atoms with van der Waals surface area (Å²) >= 11 is 0. The van der Waals surface area contributed by atoms with E-state index < -0.39 is 11.6 Å². The smallest absolute Gasteiger partial charge is 0.317 e. The highest BCUT2D eigenvalue weighted by Gasteiger charge is 2.30. The maximum Gasteiger partial charge on any atom is 0.322 e. The zero-order chi connectivity index (χ0) is 21.3. The van der Waals surface area contributed by atoms with Gasteiger partial charge in [-0.1, -0.05) is 48.0 Å². The highest BCUT2D eigenvalue weighted by atomic mass is 19.1. The Morgan fingerprint density at radius 1 is 1.00 bits per heavy atom. The molecule has 154 valence electrons. The van der Waals surface area contributed by atoms with Crippen molar-refractivity contribution in [2.75, 3.05) is 5.32 Å². The fourth-order valence-corrected chi connectivity index (χ4v) is 4.05. The molecule has 0 unspecified atom stereocenters. The Labute approximate surface area is 175 Å². The van der Waals surface area contributed by atoms with Gasteiger partial charge in [0.15, 0.2) is 0 Å². The van der Waals surface area contributed by atoms with E-state index >= 15 is 0 Å². The van der Waals surface area contributed by atoms with Gasteiger partial charge in [0, 0.05) is 18.7 Å². The number of carbonyl (C=O) groups is 1. The van der Waals surface area contributed by atoms with Crippen LogP contribution in [-0.4, -0.2) is 17.0 Å². The number of hydrogen-bond acceptors (Lipinski definition) is 1. The summed E-state index contributed by atoms with van der Waals surface area (Å²) in [5.41, 5.74) is 5.71. The van der Waals surface area contributed by atoms with Gasteiger partial charge in [-0.3, -0.25) is 0 Å². The summed E-state index contributed by atoms with van der Waals surface area (Å²) in [4.78, 5) is 15.0. The van der Waals surface area contributed by atoms with E-state index in [0.29, 0.717) is 6.54 Å². The van der Waals surface area contributed by atoms with Crippen LogP contribution in [0.15, 0.2) is 60.7 Å². The van der Waals surface area contributed by atoms with E-state index in [-0.39, 0.29) is 17.8 Å². The van der Waals surface area contributed by atoms with E-state index in [4.69, 9.17) is 0 Å². The summed E-state index contributed by atoms with van der Waals surface area (Å²) < 4.78 is 27.4. The van der Waals surface area contributed by atoms with Crippen LogP contribution in [0.2, 0.25) is 0 Å². The fraction of sp³-hybridized carbons (Fsp3) is 0.240. The van der Waals surface area contributed by atoms with Crippen LogP contribution >= 0.6 is 0 Å². The largest absolute Gasteiger partial charge is 0.322 e. The van der Waals surface area contributed by atoms with Gasteiger partial charge >= 0.3 is 6.03 Å². The molecular formula is C25H24F2N2O. The quantitative estimate of drug-likeness (QED) is 0.585. The van der Waals surface area contributed by atoms with Crippen molar-refractivity contribution in [1.82, 2.24) is 4.90 Å². The lowest BCUT2D eigenvalue weighted by Crippen LogP contribution is -2.43. The summed E-state index contributed by atoms with van der Waals surface area (Å²) in [6.07, 6.45) is 1.50. The molecule has 3 aromatic carbocycles. The molecule has 0 heterocycles. The van der Waals surface area contributed by atoms with Gasteiger partial charge in [-0.05, 0) is 61.1 Å². The predicted octanol–water partition coefficient (Wildman–Crippen LogP) is 5.78. The Balaban J connectivity index is 1.63. The highest BCUT2D eigenvalue weighted by Crippen LogP contribution is 2.28. The van der Waals surface area contributed by atoms with Crippen LogP contribution in [0.5, 0.6) is 0 Å². The number of aryl methyl sites for hydroxylation is 2. The number of halogens is 2. The van der Waals surface area contributed by atoms with Crippen molar-refractivity contribution in [1.29, 1.82) is 0 Å². The molecule has 0 aliphatic heterocycles. The molecule has 1 aliphatic rings. The van der Waals surface area contributed by atoms with Gasteiger partial charge in [-0.15, -0.1) is 0 Å². The first kappa shape index (κ1) is 20.1. The van der Waals surface area contributed by atoms with Crippen molar-refractivity contribution in [3.05, 3.63) is 100 Å². The number of anilines is 1. The van der Waals surface area contributed by atoms with Crippen LogP contribution in [-0.2, 0) is 19.4 Å². The van der Waals surface area contributed by atoms with E-state index in [9.17, 15) is 13.6 Å². The number of urea groups is 1. The molecule has 1 N–H and O–H groups in total. The first-order chi connectivity index (χ1) is 14.4. The normalized spacial score (nSPS) is 13.2. The number of amides is 2. The van der Waals surface area contributed by atoms with E-state index in [0.717, 1.165) is 41.7 Å². The number of benzene rings is 3. The Bertz CT molecular complexity index is 1070. The van der Waals surface area contributed by atoms with Crippen LogP contribution in [0, 0.1) is 25.5 Å². The van der Waals surface area contributed by atoms with E-state index in [1.54, 1.807) is 4.90 Å². The molecule has 5 heteroatoms. The lowest BCUT2D eigenvalue weighted by atomic mass is 10.0. The Kier molecular flexibility index (Phi) is 5.53. The molecule has 1 aliphatic carbocycles.